The smallest absolute Gasteiger partial charge is 0.293 e. The molecule has 7 nitrogen and oxygen atoms in total. The van der Waals surface area contributed by atoms with Crippen LogP contribution in [0.25, 0.3) is 11.0 Å². The number of furan rings is 1. The van der Waals surface area contributed by atoms with Gasteiger partial charge in [-0.15, -0.1) is 0 Å². The van der Waals surface area contributed by atoms with Crippen molar-refractivity contribution < 1.29 is 27.9 Å². The number of rotatable bonds is 4. The standard InChI is InChI=1S/C23H15FN2O5/c24-14-5-3-4-13(10-14)22(27)26-20-16-6-1-2-7-17(16)31-21(20)23(28)25-15-8-9-18-19(11-15)30-12-29-18/h1-11H,12H2,(H,25,28)(H,26,27). The monoisotopic (exact) mass is 418 g/mol. The first-order valence-electron chi connectivity index (χ1n) is 9.38. The summed E-state index contributed by atoms with van der Waals surface area (Å²) in [7, 11) is 0. The van der Waals surface area contributed by atoms with E-state index in [9.17, 15) is 14.0 Å². The van der Waals surface area contributed by atoms with Crippen molar-refractivity contribution in [2.24, 2.45) is 0 Å². The molecule has 5 rings (SSSR count). The lowest BCUT2D eigenvalue weighted by atomic mass is 10.1. The molecule has 0 spiro atoms. The number of carbonyl (C=O) groups is 2. The third kappa shape index (κ3) is 3.55. The molecule has 3 aromatic carbocycles. The van der Waals surface area contributed by atoms with Crippen molar-refractivity contribution in [3.05, 3.63) is 83.9 Å². The third-order valence-electron chi connectivity index (χ3n) is 4.76. The number of para-hydroxylation sites is 1. The van der Waals surface area contributed by atoms with E-state index < -0.39 is 17.6 Å². The molecule has 31 heavy (non-hydrogen) atoms. The van der Waals surface area contributed by atoms with Crippen LogP contribution in [0.15, 0.2) is 71.1 Å². The van der Waals surface area contributed by atoms with Crippen LogP contribution in [0.3, 0.4) is 0 Å². The number of carbonyl (C=O) groups excluding carboxylic acids is 2. The molecule has 0 fully saturated rings. The second-order valence-electron chi connectivity index (χ2n) is 6.79. The Bertz CT molecular complexity index is 1330. The second-order valence-corrected chi connectivity index (χ2v) is 6.79. The van der Waals surface area contributed by atoms with Crippen LogP contribution in [0.2, 0.25) is 0 Å². The maximum atomic E-state index is 13.5. The zero-order valence-corrected chi connectivity index (χ0v) is 16.0. The van der Waals surface area contributed by atoms with Gasteiger partial charge >= 0.3 is 0 Å². The summed E-state index contributed by atoms with van der Waals surface area (Å²) in [5, 5.41) is 5.96. The lowest BCUT2D eigenvalue weighted by Gasteiger charge is -2.08. The summed E-state index contributed by atoms with van der Waals surface area (Å²) in [6.07, 6.45) is 0. The zero-order valence-electron chi connectivity index (χ0n) is 16.0. The summed E-state index contributed by atoms with van der Waals surface area (Å²) >= 11 is 0. The highest BCUT2D eigenvalue weighted by Crippen LogP contribution is 2.35. The van der Waals surface area contributed by atoms with Crippen LogP contribution < -0.4 is 20.1 Å². The lowest BCUT2D eigenvalue weighted by Crippen LogP contribution is -2.17. The number of benzene rings is 3. The Morgan fingerprint density at radius 2 is 1.68 bits per heavy atom. The van der Waals surface area contributed by atoms with Crippen LogP contribution in [0.5, 0.6) is 11.5 Å². The molecule has 4 aromatic rings. The van der Waals surface area contributed by atoms with E-state index in [0.29, 0.717) is 28.2 Å². The highest BCUT2D eigenvalue weighted by Gasteiger charge is 2.24. The normalized spacial score (nSPS) is 12.0. The van der Waals surface area contributed by atoms with Crippen LogP contribution >= 0.6 is 0 Å². The molecule has 0 aliphatic carbocycles. The SMILES string of the molecule is O=C(Nc1c(C(=O)Nc2ccc3c(c2)OCO3)oc2ccccc12)c1cccc(F)c1. The molecule has 1 aromatic heterocycles. The molecular formula is C23H15FN2O5. The van der Waals surface area contributed by atoms with Crippen LogP contribution in [0.4, 0.5) is 15.8 Å². The van der Waals surface area contributed by atoms with E-state index >= 15 is 0 Å². The molecule has 0 atom stereocenters. The minimum Gasteiger partial charge on any atom is -0.454 e. The van der Waals surface area contributed by atoms with Gasteiger partial charge in [-0.2, -0.15) is 0 Å². The van der Waals surface area contributed by atoms with Crippen molar-refractivity contribution >= 4 is 34.2 Å². The fraction of sp³-hybridized carbons (Fsp3) is 0.0435. The van der Waals surface area contributed by atoms with Gasteiger partial charge in [0.2, 0.25) is 12.6 Å². The molecule has 0 radical (unpaired) electrons. The topological polar surface area (TPSA) is 89.8 Å². The number of hydrogen-bond acceptors (Lipinski definition) is 5. The van der Waals surface area contributed by atoms with Crippen LogP contribution in [0.1, 0.15) is 20.9 Å². The first kappa shape index (κ1) is 18.7. The van der Waals surface area contributed by atoms with Gasteiger partial charge in [0.1, 0.15) is 17.1 Å². The Kier molecular flexibility index (Phi) is 4.51. The molecule has 154 valence electrons. The number of fused-ring (bicyclic) bond motifs is 2. The van der Waals surface area contributed by atoms with Gasteiger partial charge in [-0.3, -0.25) is 9.59 Å². The maximum Gasteiger partial charge on any atom is 0.293 e. The van der Waals surface area contributed by atoms with Crippen molar-refractivity contribution in [1.82, 2.24) is 0 Å². The van der Waals surface area contributed by atoms with Crippen molar-refractivity contribution in [2.75, 3.05) is 17.4 Å². The summed E-state index contributed by atoms with van der Waals surface area (Å²) in [5.41, 5.74) is 1.21. The van der Waals surface area contributed by atoms with E-state index in [4.69, 9.17) is 13.9 Å². The molecule has 1 aliphatic rings. The van der Waals surface area contributed by atoms with Gasteiger partial charge in [-0.05, 0) is 42.5 Å². The minimum atomic E-state index is -0.566. The molecular weight excluding hydrogens is 403 g/mol. The Morgan fingerprint density at radius 3 is 2.55 bits per heavy atom. The predicted octanol–water partition coefficient (Wildman–Crippen LogP) is 4.81. The van der Waals surface area contributed by atoms with E-state index in [1.165, 1.54) is 18.2 Å². The highest BCUT2D eigenvalue weighted by molar-refractivity contribution is 6.16. The first-order valence-corrected chi connectivity index (χ1v) is 9.38. The van der Waals surface area contributed by atoms with E-state index in [-0.39, 0.29) is 23.8 Å². The first-order chi connectivity index (χ1) is 15.1. The van der Waals surface area contributed by atoms with Gasteiger partial charge in [0, 0.05) is 22.7 Å². The maximum absolute atomic E-state index is 13.5. The average Bonchev–Trinajstić information content (AvgIpc) is 3.38. The number of halogens is 1. The average molecular weight is 418 g/mol. The summed E-state index contributed by atoms with van der Waals surface area (Å²) < 4.78 is 29.8. The van der Waals surface area contributed by atoms with Crippen LogP contribution in [0, 0.1) is 5.82 Å². The van der Waals surface area contributed by atoms with Crippen LogP contribution in [-0.4, -0.2) is 18.6 Å². The van der Waals surface area contributed by atoms with E-state index in [2.05, 4.69) is 10.6 Å². The summed E-state index contributed by atoms with van der Waals surface area (Å²) in [6, 6.07) is 17.2. The number of anilines is 2. The Labute approximate surface area is 175 Å². The van der Waals surface area contributed by atoms with E-state index in [1.54, 1.807) is 42.5 Å². The summed E-state index contributed by atoms with van der Waals surface area (Å²) in [6.45, 7) is 0.118. The molecule has 0 unspecified atom stereocenters. The second kappa shape index (κ2) is 7.49. The fourth-order valence-electron chi connectivity index (χ4n) is 3.31. The van der Waals surface area contributed by atoms with E-state index in [0.717, 1.165) is 6.07 Å². The number of nitrogens with one attached hydrogen (secondary N) is 2. The van der Waals surface area contributed by atoms with Crippen molar-refractivity contribution in [1.29, 1.82) is 0 Å². The number of amides is 2. The van der Waals surface area contributed by atoms with Gasteiger partial charge in [-0.25, -0.2) is 4.39 Å². The van der Waals surface area contributed by atoms with Crippen molar-refractivity contribution in [2.45, 2.75) is 0 Å². The van der Waals surface area contributed by atoms with E-state index in [1.807, 2.05) is 0 Å². The zero-order chi connectivity index (χ0) is 21.4. The molecule has 0 saturated heterocycles. The molecule has 2 N–H and O–H groups in total. The van der Waals surface area contributed by atoms with Gasteiger partial charge < -0.3 is 24.5 Å². The Hall–Kier alpha value is -4.33. The molecule has 8 heteroatoms. The molecule has 2 heterocycles. The van der Waals surface area contributed by atoms with Crippen molar-refractivity contribution in [3.63, 3.8) is 0 Å². The summed E-state index contributed by atoms with van der Waals surface area (Å²) in [4.78, 5) is 25.7. The fourth-order valence-corrected chi connectivity index (χ4v) is 3.31. The molecule has 0 saturated carbocycles. The van der Waals surface area contributed by atoms with Crippen molar-refractivity contribution in [3.8, 4) is 11.5 Å². The molecule has 1 aliphatic heterocycles. The Balaban J connectivity index is 1.48. The van der Waals surface area contributed by atoms with Gasteiger partial charge in [0.25, 0.3) is 11.8 Å². The molecule has 0 bridgehead atoms. The van der Waals surface area contributed by atoms with Crippen LogP contribution in [-0.2, 0) is 0 Å². The lowest BCUT2D eigenvalue weighted by molar-refractivity contribution is 0.0999. The number of ether oxygens (including phenoxy) is 2. The molecule has 2 amide bonds. The largest absolute Gasteiger partial charge is 0.454 e. The highest BCUT2D eigenvalue weighted by atomic mass is 19.1. The third-order valence-corrected chi connectivity index (χ3v) is 4.76. The predicted molar refractivity (Wildman–Crippen MR) is 111 cm³/mol. The summed E-state index contributed by atoms with van der Waals surface area (Å²) in [5.74, 6) is -0.645. The van der Waals surface area contributed by atoms with Gasteiger partial charge in [-0.1, -0.05) is 18.2 Å². The van der Waals surface area contributed by atoms with Gasteiger partial charge in [0.05, 0.1) is 0 Å². The Morgan fingerprint density at radius 1 is 0.839 bits per heavy atom. The minimum absolute atomic E-state index is 0.0800. The number of hydrogen-bond donors (Lipinski definition) is 2. The van der Waals surface area contributed by atoms with Gasteiger partial charge in [0.15, 0.2) is 11.5 Å². The quantitative estimate of drug-likeness (QED) is 0.497.